The van der Waals surface area contributed by atoms with Crippen LogP contribution in [0.15, 0.2) is 18.2 Å². The van der Waals surface area contributed by atoms with Crippen LogP contribution in [-0.4, -0.2) is 37.5 Å². The lowest BCUT2D eigenvalue weighted by atomic mass is 9.97. The van der Waals surface area contributed by atoms with Gasteiger partial charge in [-0.3, -0.25) is 4.79 Å². The van der Waals surface area contributed by atoms with E-state index in [1.807, 2.05) is 37.1 Å². The maximum Gasteiger partial charge on any atom is 0.254 e. The predicted molar refractivity (Wildman–Crippen MR) is 78.7 cm³/mol. The number of rotatable bonds is 3. The molecule has 1 aromatic carbocycles. The Labute approximate surface area is 119 Å². The van der Waals surface area contributed by atoms with Crippen molar-refractivity contribution in [1.82, 2.24) is 10.2 Å². The molecule has 0 bridgehead atoms. The lowest BCUT2D eigenvalue weighted by Crippen LogP contribution is -2.42. The fraction of sp³-hybridized carbons (Fsp3) is 0.533. The van der Waals surface area contributed by atoms with Crippen LogP contribution in [0.3, 0.4) is 0 Å². The van der Waals surface area contributed by atoms with Crippen molar-refractivity contribution in [2.24, 2.45) is 5.92 Å². The number of hydrogen-bond donors (Lipinski definition) is 1. The van der Waals surface area contributed by atoms with Crippen LogP contribution in [0.5, 0.6) is 0 Å². The van der Waals surface area contributed by atoms with Gasteiger partial charge in [0.2, 0.25) is 0 Å². The summed E-state index contributed by atoms with van der Waals surface area (Å²) >= 11 is 6.09. The van der Waals surface area contributed by atoms with Crippen LogP contribution in [0.25, 0.3) is 0 Å². The third-order valence-corrected chi connectivity index (χ3v) is 4.21. The summed E-state index contributed by atoms with van der Waals surface area (Å²) in [5, 5.41) is 3.86. The van der Waals surface area contributed by atoms with Crippen molar-refractivity contribution < 1.29 is 4.79 Å². The fourth-order valence-electron chi connectivity index (χ4n) is 2.71. The third-order valence-electron chi connectivity index (χ3n) is 3.80. The second-order valence-electron chi connectivity index (χ2n) is 5.23. The second kappa shape index (κ2) is 6.40. The Balaban J connectivity index is 2.12. The van der Waals surface area contributed by atoms with Crippen LogP contribution in [0.1, 0.15) is 28.8 Å². The van der Waals surface area contributed by atoms with E-state index in [1.54, 1.807) is 0 Å². The maximum absolute atomic E-state index is 12.6. The summed E-state index contributed by atoms with van der Waals surface area (Å²) in [6.45, 7) is 4.57. The third kappa shape index (κ3) is 3.28. The van der Waals surface area contributed by atoms with Gasteiger partial charge in [0.05, 0.1) is 0 Å². The molecule has 0 saturated carbocycles. The zero-order valence-corrected chi connectivity index (χ0v) is 12.3. The van der Waals surface area contributed by atoms with Crippen molar-refractivity contribution in [2.45, 2.75) is 19.8 Å². The van der Waals surface area contributed by atoms with Gasteiger partial charge >= 0.3 is 0 Å². The van der Waals surface area contributed by atoms with Crippen LogP contribution in [-0.2, 0) is 0 Å². The molecule has 3 nitrogen and oxygen atoms in total. The van der Waals surface area contributed by atoms with E-state index in [2.05, 4.69) is 5.32 Å². The molecule has 1 unspecified atom stereocenters. The average molecular weight is 281 g/mol. The molecular weight excluding hydrogens is 260 g/mol. The van der Waals surface area contributed by atoms with Gasteiger partial charge in [-0.05, 0) is 57.0 Å². The summed E-state index contributed by atoms with van der Waals surface area (Å²) in [5.41, 5.74) is 1.61. The minimum Gasteiger partial charge on any atom is -0.338 e. The van der Waals surface area contributed by atoms with Crippen molar-refractivity contribution >= 4 is 17.5 Å². The highest BCUT2D eigenvalue weighted by atomic mass is 35.5. The molecule has 19 heavy (non-hydrogen) atoms. The molecular formula is C15H21ClN2O. The molecule has 4 heteroatoms. The Hall–Kier alpha value is -1.06. The first-order valence-electron chi connectivity index (χ1n) is 6.82. The van der Waals surface area contributed by atoms with Crippen molar-refractivity contribution in [2.75, 3.05) is 26.7 Å². The van der Waals surface area contributed by atoms with E-state index in [1.165, 1.54) is 6.42 Å². The van der Waals surface area contributed by atoms with Crippen molar-refractivity contribution in [3.8, 4) is 0 Å². The molecule has 0 radical (unpaired) electrons. The molecule has 0 aliphatic carbocycles. The van der Waals surface area contributed by atoms with Gasteiger partial charge < -0.3 is 10.2 Å². The van der Waals surface area contributed by atoms with Gasteiger partial charge in [-0.2, -0.15) is 0 Å². The SMILES string of the molecule is CNCC1CCCN(C(=O)c2cccc(Cl)c2C)C1. The zero-order chi connectivity index (χ0) is 13.8. The minimum absolute atomic E-state index is 0.112. The van der Waals surface area contributed by atoms with Gasteiger partial charge in [0.15, 0.2) is 0 Å². The number of carbonyl (C=O) groups is 1. The molecule has 1 aliphatic rings. The largest absolute Gasteiger partial charge is 0.338 e. The summed E-state index contributed by atoms with van der Waals surface area (Å²) < 4.78 is 0. The Kier molecular flexibility index (Phi) is 4.83. The van der Waals surface area contributed by atoms with Gasteiger partial charge in [-0.25, -0.2) is 0 Å². The molecule has 1 heterocycles. The first kappa shape index (κ1) is 14.4. The molecule has 104 valence electrons. The summed E-state index contributed by atoms with van der Waals surface area (Å²) in [6, 6.07) is 5.54. The standard InChI is InChI=1S/C15H21ClN2O/c1-11-13(6-3-7-14(11)16)15(19)18-8-4-5-12(10-18)9-17-2/h3,6-7,12,17H,4-5,8-10H2,1-2H3. The Morgan fingerprint density at radius 3 is 3.05 bits per heavy atom. The van der Waals surface area contributed by atoms with Crippen molar-refractivity contribution in [3.05, 3.63) is 34.3 Å². The molecule has 1 saturated heterocycles. The number of halogens is 1. The monoisotopic (exact) mass is 280 g/mol. The van der Waals surface area contributed by atoms with E-state index < -0.39 is 0 Å². The highest BCUT2D eigenvalue weighted by Gasteiger charge is 2.25. The predicted octanol–water partition coefficient (Wildman–Crippen LogP) is 2.72. The molecule has 1 fully saturated rings. The number of piperidine rings is 1. The Morgan fingerprint density at radius 2 is 2.32 bits per heavy atom. The Morgan fingerprint density at radius 1 is 1.53 bits per heavy atom. The lowest BCUT2D eigenvalue weighted by Gasteiger charge is -2.33. The molecule has 1 aromatic rings. The van der Waals surface area contributed by atoms with E-state index in [9.17, 15) is 4.79 Å². The van der Waals surface area contributed by atoms with E-state index in [0.717, 1.165) is 37.2 Å². The summed E-state index contributed by atoms with van der Waals surface area (Å²) in [7, 11) is 1.96. The summed E-state index contributed by atoms with van der Waals surface area (Å²) in [6.07, 6.45) is 2.27. The van der Waals surface area contributed by atoms with Gasteiger partial charge in [-0.1, -0.05) is 17.7 Å². The van der Waals surface area contributed by atoms with Gasteiger partial charge in [-0.15, -0.1) is 0 Å². The number of amides is 1. The number of hydrogen-bond acceptors (Lipinski definition) is 2. The summed E-state index contributed by atoms with van der Waals surface area (Å²) in [5.74, 6) is 0.669. The maximum atomic E-state index is 12.6. The molecule has 2 rings (SSSR count). The van der Waals surface area contributed by atoms with Crippen LogP contribution in [0.4, 0.5) is 0 Å². The van der Waals surface area contributed by atoms with Crippen molar-refractivity contribution in [3.63, 3.8) is 0 Å². The van der Waals surface area contributed by atoms with E-state index in [4.69, 9.17) is 11.6 Å². The first-order valence-corrected chi connectivity index (χ1v) is 7.20. The highest BCUT2D eigenvalue weighted by molar-refractivity contribution is 6.31. The number of likely N-dealkylation sites (tertiary alicyclic amines) is 1. The van der Waals surface area contributed by atoms with Crippen LogP contribution >= 0.6 is 11.6 Å². The first-order chi connectivity index (χ1) is 9.13. The average Bonchev–Trinajstić information content (AvgIpc) is 2.42. The smallest absolute Gasteiger partial charge is 0.254 e. The van der Waals surface area contributed by atoms with Gasteiger partial charge in [0.25, 0.3) is 5.91 Å². The second-order valence-corrected chi connectivity index (χ2v) is 5.64. The molecule has 1 atom stereocenters. The van der Waals surface area contributed by atoms with Crippen molar-refractivity contribution in [1.29, 1.82) is 0 Å². The molecule has 1 aliphatic heterocycles. The van der Waals surface area contributed by atoms with E-state index in [0.29, 0.717) is 10.9 Å². The zero-order valence-electron chi connectivity index (χ0n) is 11.6. The van der Waals surface area contributed by atoms with Crippen LogP contribution in [0.2, 0.25) is 5.02 Å². The van der Waals surface area contributed by atoms with Gasteiger partial charge in [0.1, 0.15) is 0 Å². The van der Waals surface area contributed by atoms with E-state index >= 15 is 0 Å². The highest BCUT2D eigenvalue weighted by Crippen LogP contribution is 2.23. The summed E-state index contributed by atoms with van der Waals surface area (Å²) in [4.78, 5) is 14.5. The topological polar surface area (TPSA) is 32.3 Å². The number of benzene rings is 1. The molecule has 0 aromatic heterocycles. The minimum atomic E-state index is 0.112. The van der Waals surface area contributed by atoms with Crippen LogP contribution < -0.4 is 5.32 Å². The van der Waals surface area contributed by atoms with Crippen LogP contribution in [0, 0.1) is 12.8 Å². The number of nitrogens with one attached hydrogen (secondary N) is 1. The number of nitrogens with zero attached hydrogens (tertiary/aromatic N) is 1. The van der Waals surface area contributed by atoms with Gasteiger partial charge in [0, 0.05) is 23.7 Å². The molecule has 1 amide bonds. The fourth-order valence-corrected chi connectivity index (χ4v) is 2.89. The normalized spacial score (nSPS) is 19.5. The molecule has 0 spiro atoms. The quantitative estimate of drug-likeness (QED) is 0.923. The molecule has 1 N–H and O–H groups in total. The van der Waals surface area contributed by atoms with E-state index in [-0.39, 0.29) is 5.91 Å². The lowest BCUT2D eigenvalue weighted by molar-refractivity contribution is 0.0673. The number of carbonyl (C=O) groups excluding carboxylic acids is 1. The Bertz CT molecular complexity index is 459.